The number of hydrogen-bond donors (Lipinski definition) is 2. The van der Waals surface area contributed by atoms with Gasteiger partial charge in [-0.05, 0) is 37.2 Å². The molecule has 1 aromatic carbocycles. The molecule has 2 N–H and O–H groups in total. The van der Waals surface area contributed by atoms with E-state index < -0.39 is 11.9 Å². The van der Waals surface area contributed by atoms with Crippen LogP contribution in [0.2, 0.25) is 0 Å². The zero-order valence-electron chi connectivity index (χ0n) is 13.7. The molecule has 1 amide bonds. The predicted octanol–water partition coefficient (Wildman–Crippen LogP) is 2.96. The minimum Gasteiger partial charge on any atom is -0.348 e. The van der Waals surface area contributed by atoms with Gasteiger partial charge in [0, 0.05) is 24.8 Å². The molecule has 3 rings (SSSR count). The van der Waals surface area contributed by atoms with Crippen LogP contribution in [0.25, 0.3) is 5.69 Å². The molecule has 9 heteroatoms. The van der Waals surface area contributed by atoms with E-state index in [0.717, 1.165) is 35.8 Å². The highest BCUT2D eigenvalue weighted by Crippen LogP contribution is 2.27. The molecule has 1 aliphatic heterocycles. The van der Waals surface area contributed by atoms with Crippen LogP contribution in [0.15, 0.2) is 48.2 Å². The second kappa shape index (κ2) is 8.37. The Balaban J connectivity index is 0.00000243. The molecule has 0 fully saturated rings. The van der Waals surface area contributed by atoms with Crippen molar-refractivity contribution in [1.29, 1.82) is 0 Å². The number of benzene rings is 1. The Bertz CT molecular complexity index is 801. The summed E-state index contributed by atoms with van der Waals surface area (Å²) < 4.78 is 39.1. The highest BCUT2D eigenvalue weighted by atomic mass is 35.5. The fraction of sp³-hybridized carbons (Fsp3) is 0.294. The Morgan fingerprint density at radius 2 is 2.12 bits per heavy atom. The lowest BCUT2D eigenvalue weighted by Crippen LogP contribution is -2.29. The van der Waals surface area contributed by atoms with E-state index in [9.17, 15) is 18.0 Å². The van der Waals surface area contributed by atoms with Crippen LogP contribution < -0.4 is 10.6 Å². The smallest absolute Gasteiger partial charge is 0.348 e. The topological polar surface area (TPSA) is 59.0 Å². The SMILES string of the molecule is Cl.O=C(NCC1=CCNCC1)c1cccc(-n2ccc(C(F)(F)F)n2)c1. The standard InChI is InChI=1S/C17H17F3N4O.ClH/c18-17(19,20)15-6-9-24(23-15)14-3-1-2-13(10-14)16(25)22-11-12-4-7-21-8-5-12;/h1-4,6,9-10,21H,5,7-8,11H2,(H,22,25);1H. The molecule has 0 radical (unpaired) electrons. The van der Waals surface area contributed by atoms with Crippen molar-refractivity contribution in [1.82, 2.24) is 20.4 Å². The Morgan fingerprint density at radius 3 is 2.77 bits per heavy atom. The molecule has 26 heavy (non-hydrogen) atoms. The van der Waals surface area contributed by atoms with Crippen LogP contribution in [-0.2, 0) is 6.18 Å². The van der Waals surface area contributed by atoms with Crippen LogP contribution in [0.3, 0.4) is 0 Å². The molecule has 0 saturated carbocycles. The van der Waals surface area contributed by atoms with Crippen LogP contribution in [0.4, 0.5) is 13.2 Å². The van der Waals surface area contributed by atoms with Crippen LogP contribution in [0.1, 0.15) is 22.5 Å². The van der Waals surface area contributed by atoms with Crippen LogP contribution in [0.5, 0.6) is 0 Å². The fourth-order valence-corrected chi connectivity index (χ4v) is 2.53. The second-order valence-corrected chi connectivity index (χ2v) is 5.69. The summed E-state index contributed by atoms with van der Waals surface area (Å²) in [7, 11) is 0. The lowest BCUT2D eigenvalue weighted by molar-refractivity contribution is -0.141. The van der Waals surface area contributed by atoms with E-state index in [-0.39, 0.29) is 18.3 Å². The summed E-state index contributed by atoms with van der Waals surface area (Å²) in [5.41, 5.74) is 0.950. The number of alkyl halides is 3. The number of nitrogens with zero attached hydrogens (tertiary/aromatic N) is 2. The van der Waals surface area contributed by atoms with Gasteiger partial charge in [0.05, 0.1) is 5.69 Å². The Morgan fingerprint density at radius 1 is 1.31 bits per heavy atom. The van der Waals surface area contributed by atoms with E-state index in [0.29, 0.717) is 17.8 Å². The maximum atomic E-state index is 12.7. The summed E-state index contributed by atoms with van der Waals surface area (Å²) in [5.74, 6) is -0.274. The lowest BCUT2D eigenvalue weighted by atomic mass is 10.1. The van der Waals surface area contributed by atoms with Crippen LogP contribution in [0, 0.1) is 0 Å². The van der Waals surface area contributed by atoms with E-state index in [2.05, 4.69) is 15.7 Å². The van der Waals surface area contributed by atoms with E-state index in [1.165, 1.54) is 12.3 Å². The molecule has 0 unspecified atom stereocenters. The van der Waals surface area contributed by atoms with Gasteiger partial charge >= 0.3 is 6.18 Å². The fourth-order valence-electron chi connectivity index (χ4n) is 2.53. The van der Waals surface area contributed by atoms with Gasteiger partial charge in [-0.3, -0.25) is 4.79 Å². The van der Waals surface area contributed by atoms with Crippen molar-refractivity contribution in [2.45, 2.75) is 12.6 Å². The first-order valence-corrected chi connectivity index (χ1v) is 7.83. The molecule has 5 nitrogen and oxygen atoms in total. The quantitative estimate of drug-likeness (QED) is 0.794. The number of carbonyl (C=O) groups is 1. The summed E-state index contributed by atoms with van der Waals surface area (Å²) in [5, 5.41) is 9.54. The van der Waals surface area contributed by atoms with Crippen molar-refractivity contribution < 1.29 is 18.0 Å². The number of halogens is 4. The molecule has 0 atom stereocenters. The molecule has 1 aromatic heterocycles. The molecule has 1 aliphatic rings. The predicted molar refractivity (Wildman–Crippen MR) is 93.7 cm³/mol. The highest BCUT2D eigenvalue weighted by molar-refractivity contribution is 5.94. The van der Waals surface area contributed by atoms with Crippen LogP contribution in [-0.4, -0.2) is 35.3 Å². The summed E-state index contributed by atoms with van der Waals surface area (Å²) in [4.78, 5) is 12.3. The van der Waals surface area contributed by atoms with Gasteiger partial charge in [0.15, 0.2) is 5.69 Å². The van der Waals surface area contributed by atoms with E-state index >= 15 is 0 Å². The zero-order chi connectivity index (χ0) is 17.9. The molecule has 2 heterocycles. The van der Waals surface area contributed by atoms with Crippen molar-refractivity contribution in [3.63, 3.8) is 0 Å². The summed E-state index contributed by atoms with van der Waals surface area (Å²) in [6.45, 7) is 2.14. The molecule has 2 aromatic rings. The maximum Gasteiger partial charge on any atom is 0.435 e. The molecule has 0 aliphatic carbocycles. The first kappa shape index (κ1) is 20.0. The number of carbonyl (C=O) groups excluding carboxylic acids is 1. The first-order chi connectivity index (χ1) is 11.9. The van der Waals surface area contributed by atoms with Crippen molar-refractivity contribution in [3.05, 3.63) is 59.4 Å². The normalized spacial score (nSPS) is 14.3. The summed E-state index contributed by atoms with van der Waals surface area (Å²) in [6, 6.07) is 7.24. The number of nitrogens with one attached hydrogen (secondary N) is 2. The summed E-state index contributed by atoms with van der Waals surface area (Å²) in [6.07, 6.45) is -0.348. The minimum absolute atomic E-state index is 0. The Kier molecular flexibility index (Phi) is 6.44. The van der Waals surface area contributed by atoms with Crippen molar-refractivity contribution in [2.75, 3.05) is 19.6 Å². The highest BCUT2D eigenvalue weighted by Gasteiger charge is 2.33. The van der Waals surface area contributed by atoms with Gasteiger partial charge in [0.1, 0.15) is 0 Å². The molecule has 0 spiro atoms. The Hall–Kier alpha value is -2.32. The average Bonchev–Trinajstić information content (AvgIpc) is 3.11. The minimum atomic E-state index is -4.50. The van der Waals surface area contributed by atoms with Gasteiger partial charge in [0.25, 0.3) is 5.91 Å². The largest absolute Gasteiger partial charge is 0.435 e. The number of aromatic nitrogens is 2. The van der Waals surface area contributed by atoms with E-state index in [4.69, 9.17) is 0 Å². The van der Waals surface area contributed by atoms with Gasteiger partial charge < -0.3 is 10.6 Å². The second-order valence-electron chi connectivity index (χ2n) is 5.69. The molecular weight excluding hydrogens is 369 g/mol. The first-order valence-electron chi connectivity index (χ1n) is 7.83. The van der Waals surface area contributed by atoms with Crippen molar-refractivity contribution in [3.8, 4) is 5.69 Å². The lowest BCUT2D eigenvalue weighted by Gasteiger charge is -2.14. The van der Waals surface area contributed by atoms with Crippen molar-refractivity contribution in [2.24, 2.45) is 0 Å². The molecular formula is C17H18ClF3N4O. The number of hydrogen-bond acceptors (Lipinski definition) is 3. The number of amides is 1. The van der Waals surface area contributed by atoms with E-state index in [1.54, 1.807) is 18.2 Å². The van der Waals surface area contributed by atoms with Crippen LogP contribution >= 0.6 is 12.4 Å². The van der Waals surface area contributed by atoms with Gasteiger partial charge in [0.2, 0.25) is 0 Å². The maximum absolute atomic E-state index is 12.7. The van der Waals surface area contributed by atoms with Crippen molar-refractivity contribution >= 4 is 18.3 Å². The molecule has 0 bridgehead atoms. The third-order valence-corrected chi connectivity index (χ3v) is 3.89. The molecule has 140 valence electrons. The number of rotatable bonds is 4. The van der Waals surface area contributed by atoms with Gasteiger partial charge in [-0.25, -0.2) is 4.68 Å². The monoisotopic (exact) mass is 386 g/mol. The summed E-state index contributed by atoms with van der Waals surface area (Å²) >= 11 is 0. The average molecular weight is 387 g/mol. The third-order valence-electron chi connectivity index (χ3n) is 3.89. The van der Waals surface area contributed by atoms with E-state index in [1.807, 2.05) is 6.08 Å². The van der Waals surface area contributed by atoms with Gasteiger partial charge in [-0.2, -0.15) is 18.3 Å². The van der Waals surface area contributed by atoms with Gasteiger partial charge in [-0.15, -0.1) is 12.4 Å². The zero-order valence-corrected chi connectivity index (χ0v) is 14.5. The Labute approximate surface area is 154 Å². The third kappa shape index (κ3) is 4.86. The van der Waals surface area contributed by atoms with Gasteiger partial charge in [-0.1, -0.05) is 17.7 Å². The molecule has 0 saturated heterocycles.